The molecule has 0 aromatic heterocycles. The van der Waals surface area contributed by atoms with E-state index in [1.807, 2.05) is 6.92 Å². The van der Waals surface area contributed by atoms with Crippen LogP contribution in [0.4, 0.5) is 23.7 Å². The molecule has 1 saturated heterocycles. The quantitative estimate of drug-likeness (QED) is 0.734. The van der Waals surface area contributed by atoms with Crippen molar-refractivity contribution in [2.24, 2.45) is 5.92 Å². The lowest BCUT2D eigenvalue weighted by atomic mass is 9.73. The van der Waals surface area contributed by atoms with E-state index in [2.05, 4.69) is 10.6 Å². The number of amides is 4. The molecule has 1 aliphatic heterocycles. The van der Waals surface area contributed by atoms with Crippen LogP contribution in [0.3, 0.4) is 0 Å². The first-order valence-corrected chi connectivity index (χ1v) is 9.24. The molecule has 3 rings (SSSR count). The zero-order chi connectivity index (χ0) is 20.7. The highest BCUT2D eigenvalue weighted by molar-refractivity contribution is 6.34. The fourth-order valence-electron chi connectivity index (χ4n) is 3.85. The minimum Gasteiger partial charge on any atom is -0.323 e. The molecule has 1 aliphatic carbocycles. The van der Waals surface area contributed by atoms with Crippen molar-refractivity contribution in [2.75, 3.05) is 11.9 Å². The van der Waals surface area contributed by atoms with E-state index in [9.17, 15) is 27.6 Å². The van der Waals surface area contributed by atoms with Gasteiger partial charge in [0.2, 0.25) is 5.91 Å². The van der Waals surface area contributed by atoms with E-state index in [1.165, 1.54) is 6.07 Å². The first kappa shape index (κ1) is 20.4. The lowest BCUT2D eigenvalue weighted by molar-refractivity contribution is -0.138. The standard InChI is InChI=1S/C18H19ClF3N3O3/c1-10-5-2-3-8-17(10)15(27)25(16(28)24-17)9-13(26)23-14-11(18(20,21)22)6-4-7-12(14)19/h4,6-7,10H,2-3,5,8-9H2,1H3,(H,23,26)(H,24,28)/t10-,17+/m0/s1. The zero-order valence-corrected chi connectivity index (χ0v) is 15.8. The Kier molecular flexibility index (Phi) is 5.31. The summed E-state index contributed by atoms with van der Waals surface area (Å²) in [5.41, 5.74) is -2.76. The van der Waals surface area contributed by atoms with E-state index >= 15 is 0 Å². The van der Waals surface area contributed by atoms with Gasteiger partial charge >= 0.3 is 12.2 Å². The van der Waals surface area contributed by atoms with Crippen molar-refractivity contribution in [3.8, 4) is 0 Å². The lowest BCUT2D eigenvalue weighted by Crippen LogP contribution is -2.54. The SMILES string of the molecule is C[C@H]1CCCC[C@@]12NC(=O)N(CC(=O)Nc1c(Cl)cccc1C(F)(F)F)C2=O. The summed E-state index contributed by atoms with van der Waals surface area (Å²) in [7, 11) is 0. The highest BCUT2D eigenvalue weighted by Crippen LogP contribution is 2.39. The number of carbonyl (C=O) groups is 3. The minimum absolute atomic E-state index is 0.0915. The number of anilines is 1. The van der Waals surface area contributed by atoms with E-state index in [0.717, 1.165) is 36.3 Å². The number of imide groups is 1. The van der Waals surface area contributed by atoms with Crippen molar-refractivity contribution in [3.05, 3.63) is 28.8 Å². The Hall–Kier alpha value is -2.29. The first-order valence-electron chi connectivity index (χ1n) is 8.86. The van der Waals surface area contributed by atoms with Crippen LogP contribution in [0.1, 0.15) is 38.2 Å². The van der Waals surface area contributed by atoms with Gasteiger partial charge in [-0.15, -0.1) is 0 Å². The molecule has 1 heterocycles. The summed E-state index contributed by atoms with van der Waals surface area (Å²) in [5.74, 6) is -1.55. The third-order valence-corrected chi connectivity index (χ3v) is 5.70. The van der Waals surface area contributed by atoms with Crippen LogP contribution in [0.25, 0.3) is 0 Å². The number of urea groups is 1. The van der Waals surface area contributed by atoms with Crippen LogP contribution in [0.5, 0.6) is 0 Å². The van der Waals surface area contributed by atoms with Crippen LogP contribution in [-0.4, -0.2) is 34.8 Å². The summed E-state index contributed by atoms with van der Waals surface area (Å²) in [6.45, 7) is 1.17. The van der Waals surface area contributed by atoms with E-state index in [-0.39, 0.29) is 10.9 Å². The number of alkyl halides is 3. The van der Waals surface area contributed by atoms with E-state index < -0.39 is 47.4 Å². The van der Waals surface area contributed by atoms with Gasteiger partial charge in [-0.25, -0.2) is 4.79 Å². The Labute approximate surface area is 164 Å². The van der Waals surface area contributed by atoms with Crippen molar-refractivity contribution in [2.45, 2.75) is 44.3 Å². The lowest BCUT2D eigenvalue weighted by Gasteiger charge is -2.36. The average molecular weight is 418 g/mol. The van der Waals surface area contributed by atoms with Gasteiger partial charge in [-0.1, -0.05) is 37.4 Å². The Bertz CT molecular complexity index is 830. The summed E-state index contributed by atoms with van der Waals surface area (Å²) in [6.07, 6.45) is -1.78. The van der Waals surface area contributed by atoms with Crippen molar-refractivity contribution < 1.29 is 27.6 Å². The highest BCUT2D eigenvalue weighted by Gasteiger charge is 2.55. The Morgan fingerprint density at radius 3 is 2.71 bits per heavy atom. The third kappa shape index (κ3) is 3.55. The van der Waals surface area contributed by atoms with Gasteiger partial charge < -0.3 is 10.6 Å². The van der Waals surface area contributed by atoms with Crippen molar-refractivity contribution >= 4 is 35.1 Å². The topological polar surface area (TPSA) is 78.5 Å². The number of hydrogen-bond donors (Lipinski definition) is 2. The number of nitrogens with one attached hydrogen (secondary N) is 2. The minimum atomic E-state index is -4.73. The molecule has 28 heavy (non-hydrogen) atoms. The van der Waals surface area contributed by atoms with Crippen molar-refractivity contribution in [1.82, 2.24) is 10.2 Å². The molecule has 10 heteroatoms. The van der Waals surface area contributed by atoms with Gasteiger partial charge in [0.25, 0.3) is 5.91 Å². The molecule has 1 aromatic carbocycles. The summed E-state index contributed by atoms with van der Waals surface area (Å²) < 4.78 is 39.5. The molecule has 0 radical (unpaired) electrons. The Morgan fingerprint density at radius 1 is 1.36 bits per heavy atom. The predicted molar refractivity (Wildman–Crippen MR) is 95.7 cm³/mol. The summed E-state index contributed by atoms with van der Waals surface area (Å²) in [5, 5.41) is 4.48. The number of halogens is 4. The molecule has 1 aromatic rings. The molecule has 0 bridgehead atoms. The predicted octanol–water partition coefficient (Wildman–Crippen LogP) is 3.80. The number of hydrogen-bond acceptors (Lipinski definition) is 3. The van der Waals surface area contributed by atoms with Gasteiger partial charge in [0.1, 0.15) is 12.1 Å². The molecule has 2 atom stereocenters. The molecule has 0 unspecified atom stereocenters. The molecule has 4 amide bonds. The van der Waals surface area contributed by atoms with Gasteiger partial charge in [0.15, 0.2) is 0 Å². The van der Waals surface area contributed by atoms with Gasteiger partial charge in [-0.2, -0.15) is 13.2 Å². The largest absolute Gasteiger partial charge is 0.418 e. The maximum atomic E-state index is 13.2. The molecule has 6 nitrogen and oxygen atoms in total. The van der Waals surface area contributed by atoms with Crippen molar-refractivity contribution in [3.63, 3.8) is 0 Å². The fourth-order valence-corrected chi connectivity index (χ4v) is 4.07. The fraction of sp³-hybridized carbons (Fsp3) is 0.500. The van der Waals surface area contributed by atoms with Gasteiger partial charge in [-0.3, -0.25) is 14.5 Å². The van der Waals surface area contributed by atoms with Gasteiger partial charge in [0, 0.05) is 0 Å². The van der Waals surface area contributed by atoms with E-state index in [1.54, 1.807) is 0 Å². The van der Waals surface area contributed by atoms with Gasteiger partial charge in [0.05, 0.1) is 16.3 Å². The van der Waals surface area contributed by atoms with Crippen LogP contribution >= 0.6 is 11.6 Å². The zero-order valence-electron chi connectivity index (χ0n) is 15.0. The van der Waals surface area contributed by atoms with Crippen LogP contribution in [-0.2, 0) is 15.8 Å². The normalized spacial score (nSPS) is 25.2. The molecule has 2 fully saturated rings. The second-order valence-corrected chi connectivity index (χ2v) is 7.56. The maximum absolute atomic E-state index is 13.2. The van der Waals surface area contributed by atoms with Crippen LogP contribution < -0.4 is 10.6 Å². The number of benzene rings is 1. The number of nitrogens with zero attached hydrogens (tertiary/aromatic N) is 1. The smallest absolute Gasteiger partial charge is 0.323 e. The number of para-hydroxylation sites is 1. The molecule has 2 N–H and O–H groups in total. The van der Waals surface area contributed by atoms with Crippen molar-refractivity contribution in [1.29, 1.82) is 0 Å². The third-order valence-electron chi connectivity index (χ3n) is 5.39. The van der Waals surface area contributed by atoms with Gasteiger partial charge in [-0.05, 0) is 30.9 Å². The summed E-state index contributed by atoms with van der Waals surface area (Å²) >= 11 is 5.81. The molecule has 1 spiro atoms. The second kappa shape index (κ2) is 7.27. The Morgan fingerprint density at radius 2 is 2.07 bits per heavy atom. The average Bonchev–Trinajstić information content (AvgIpc) is 2.83. The Balaban J connectivity index is 1.78. The van der Waals surface area contributed by atoms with Crippen LogP contribution in [0.15, 0.2) is 18.2 Å². The molecule has 2 aliphatic rings. The molecule has 152 valence electrons. The monoisotopic (exact) mass is 417 g/mol. The number of rotatable bonds is 3. The first-order chi connectivity index (χ1) is 13.1. The second-order valence-electron chi connectivity index (χ2n) is 7.15. The highest BCUT2D eigenvalue weighted by atomic mass is 35.5. The van der Waals surface area contributed by atoms with Crippen LogP contribution in [0, 0.1) is 5.92 Å². The van der Waals surface area contributed by atoms with E-state index in [4.69, 9.17) is 11.6 Å². The summed E-state index contributed by atoms with van der Waals surface area (Å²) in [4.78, 5) is 38.2. The van der Waals surface area contributed by atoms with E-state index in [0.29, 0.717) is 6.42 Å². The molecular weight excluding hydrogens is 399 g/mol. The maximum Gasteiger partial charge on any atom is 0.418 e. The summed E-state index contributed by atoms with van der Waals surface area (Å²) in [6, 6.07) is 2.39. The number of carbonyl (C=O) groups excluding carboxylic acids is 3. The van der Waals surface area contributed by atoms with Crippen LogP contribution in [0.2, 0.25) is 5.02 Å². The molecule has 1 saturated carbocycles. The molecular formula is C18H19ClF3N3O3.